The molecule has 0 spiro atoms. The molecule has 0 aliphatic carbocycles. The topological polar surface area (TPSA) is 20.2 Å². The summed E-state index contributed by atoms with van der Waals surface area (Å²) in [5, 5.41) is 8.33. The van der Waals surface area contributed by atoms with Crippen molar-refractivity contribution in [1.82, 2.24) is 0 Å². The number of hydrogen-bond acceptors (Lipinski definition) is 1. The van der Waals surface area contributed by atoms with Crippen LogP contribution in [0.2, 0.25) is 0 Å². The van der Waals surface area contributed by atoms with Gasteiger partial charge in [-0.2, -0.15) is 0 Å². The lowest BCUT2D eigenvalue weighted by atomic mass is 10.3. The minimum atomic E-state index is -0.975. The van der Waals surface area contributed by atoms with Crippen LogP contribution in [0.1, 0.15) is 14.7 Å². The van der Waals surface area contributed by atoms with Crippen molar-refractivity contribution in [3.8, 4) is 0 Å². The minimum Gasteiger partial charge on any atom is -0.396 e. The Morgan fingerprint density at radius 1 is 2.17 bits per heavy atom. The Labute approximate surface area is 39.7 Å². The van der Waals surface area contributed by atoms with E-state index in [4.69, 9.17) is 6.48 Å². The monoisotopic (exact) mass is 87.1 g/mol. The Kier molecular flexibility index (Phi) is 1.88. The number of rotatable bonds is 2. The van der Waals surface area contributed by atoms with E-state index < -0.39 is 6.58 Å². The quantitative estimate of drug-likeness (QED) is 0.497. The standard InChI is InChI=1S/C5H10O/c1-5(2)3-4-6/h6H,1,3-4H2,2H3/i4D/t4-/m0/s1. The molecule has 1 atom stereocenters. The lowest BCUT2D eigenvalue weighted by Gasteiger charge is -1.87. The predicted molar refractivity (Wildman–Crippen MR) is 26.5 cm³/mol. The molecule has 0 unspecified atom stereocenters. The first-order chi connectivity index (χ1) is 3.13. The predicted octanol–water partition coefficient (Wildman–Crippen LogP) is 0.945. The van der Waals surface area contributed by atoms with Gasteiger partial charge in [-0.15, -0.1) is 6.58 Å². The van der Waals surface area contributed by atoms with Gasteiger partial charge in [-0.1, -0.05) is 5.57 Å². The van der Waals surface area contributed by atoms with E-state index in [1.54, 1.807) is 6.92 Å². The van der Waals surface area contributed by atoms with Crippen LogP contribution >= 0.6 is 0 Å². The van der Waals surface area contributed by atoms with E-state index in [0.29, 0.717) is 6.42 Å². The Balaban J connectivity index is 3.13. The zero-order valence-electron chi connectivity index (χ0n) is 4.94. The van der Waals surface area contributed by atoms with E-state index in [9.17, 15) is 0 Å². The second-order valence-electron chi connectivity index (χ2n) is 1.34. The summed E-state index contributed by atoms with van der Waals surface area (Å²) in [6, 6.07) is 0. The van der Waals surface area contributed by atoms with Crippen LogP contribution < -0.4 is 0 Å². The van der Waals surface area contributed by atoms with E-state index in [-0.39, 0.29) is 0 Å². The molecule has 1 N–H and O–H groups in total. The van der Waals surface area contributed by atoms with E-state index >= 15 is 0 Å². The first kappa shape index (κ1) is 3.88. The maximum Gasteiger partial charge on any atom is 0.0567 e. The van der Waals surface area contributed by atoms with Crippen molar-refractivity contribution in [1.29, 1.82) is 0 Å². The molecule has 36 valence electrons. The summed E-state index contributed by atoms with van der Waals surface area (Å²) in [5.74, 6) is 0. The van der Waals surface area contributed by atoms with Gasteiger partial charge in [0.05, 0.1) is 1.37 Å². The largest absolute Gasteiger partial charge is 0.396 e. The fraction of sp³-hybridized carbons (Fsp3) is 0.600. The molecule has 0 aromatic heterocycles. The molecule has 0 fully saturated rings. The third kappa shape index (κ3) is 3.70. The number of aliphatic hydroxyl groups excluding tert-OH is 1. The zero-order chi connectivity index (χ0) is 5.86. The molecule has 0 amide bonds. The highest BCUT2D eigenvalue weighted by Crippen LogP contribution is 1.90. The summed E-state index contributed by atoms with van der Waals surface area (Å²) in [5.41, 5.74) is 0.850. The molecule has 0 aliphatic rings. The van der Waals surface area contributed by atoms with Gasteiger partial charge in [-0.3, -0.25) is 0 Å². The number of hydrogen-bond donors (Lipinski definition) is 1. The van der Waals surface area contributed by atoms with Crippen molar-refractivity contribution >= 4 is 0 Å². The van der Waals surface area contributed by atoms with Gasteiger partial charge in [0.15, 0.2) is 0 Å². The molecular weight excluding hydrogens is 76.1 g/mol. The van der Waals surface area contributed by atoms with Crippen LogP contribution in [0.3, 0.4) is 0 Å². The van der Waals surface area contributed by atoms with E-state index in [0.717, 1.165) is 5.57 Å². The third-order valence-corrected chi connectivity index (χ3v) is 0.440. The minimum absolute atomic E-state index is 0.389. The van der Waals surface area contributed by atoms with Gasteiger partial charge in [0.25, 0.3) is 0 Å². The summed E-state index contributed by atoms with van der Waals surface area (Å²) in [6.45, 7) is 4.33. The van der Waals surface area contributed by atoms with Crippen molar-refractivity contribution in [3.05, 3.63) is 12.2 Å². The van der Waals surface area contributed by atoms with Gasteiger partial charge in [-0.05, 0) is 13.3 Å². The smallest absolute Gasteiger partial charge is 0.0567 e. The summed E-state index contributed by atoms with van der Waals surface area (Å²) < 4.78 is 6.60. The molecule has 0 aliphatic heterocycles. The fourth-order valence-corrected chi connectivity index (χ4v) is 0.156. The van der Waals surface area contributed by atoms with Crippen LogP contribution in [-0.4, -0.2) is 11.7 Å². The molecule has 6 heavy (non-hydrogen) atoms. The molecule has 0 aromatic rings. The molecule has 1 nitrogen and oxygen atoms in total. The second kappa shape index (κ2) is 2.91. The fourth-order valence-electron chi connectivity index (χ4n) is 0.156. The van der Waals surface area contributed by atoms with Crippen LogP contribution in [0.15, 0.2) is 12.2 Å². The van der Waals surface area contributed by atoms with Crippen molar-refractivity contribution < 1.29 is 6.48 Å². The molecular formula is C5H10O. The molecule has 0 heterocycles. The van der Waals surface area contributed by atoms with Crippen molar-refractivity contribution in [3.63, 3.8) is 0 Å². The molecule has 0 aromatic carbocycles. The Hall–Kier alpha value is -0.300. The van der Waals surface area contributed by atoms with E-state index in [1.165, 1.54) is 0 Å². The first-order valence-electron chi connectivity index (χ1n) is 2.45. The van der Waals surface area contributed by atoms with Gasteiger partial charge >= 0.3 is 0 Å². The van der Waals surface area contributed by atoms with Crippen LogP contribution in [0.5, 0.6) is 0 Å². The third-order valence-electron chi connectivity index (χ3n) is 0.440. The van der Waals surface area contributed by atoms with Gasteiger partial charge < -0.3 is 5.11 Å². The average molecular weight is 87.1 g/mol. The molecule has 1 heteroatoms. The maximum absolute atomic E-state index is 8.33. The average Bonchev–Trinajstić information content (AvgIpc) is 1.27. The number of aliphatic hydroxyl groups is 1. The van der Waals surface area contributed by atoms with Crippen LogP contribution in [0.4, 0.5) is 0 Å². The molecule has 0 saturated carbocycles. The van der Waals surface area contributed by atoms with Crippen molar-refractivity contribution in [2.24, 2.45) is 0 Å². The normalized spacial score (nSPS) is 16.0. The summed E-state index contributed by atoms with van der Waals surface area (Å²) >= 11 is 0. The Morgan fingerprint density at radius 3 is 2.67 bits per heavy atom. The molecule has 0 rings (SSSR count). The molecule has 0 bridgehead atoms. The highest BCUT2D eigenvalue weighted by Gasteiger charge is 1.77. The Morgan fingerprint density at radius 2 is 2.67 bits per heavy atom. The zero-order valence-corrected chi connectivity index (χ0v) is 3.94. The molecule has 0 radical (unpaired) electrons. The SMILES string of the molecule is [2H][C@H](O)CC(=C)C. The summed E-state index contributed by atoms with van der Waals surface area (Å²) in [6.07, 6.45) is 0.389. The van der Waals surface area contributed by atoms with E-state index in [2.05, 4.69) is 6.58 Å². The van der Waals surface area contributed by atoms with Crippen molar-refractivity contribution in [2.45, 2.75) is 13.3 Å². The lowest BCUT2D eigenvalue weighted by molar-refractivity contribution is 0.299. The van der Waals surface area contributed by atoms with E-state index in [1.807, 2.05) is 0 Å². The highest BCUT2D eigenvalue weighted by molar-refractivity contribution is 4.86. The van der Waals surface area contributed by atoms with Gasteiger partial charge in [-0.25, -0.2) is 0 Å². The van der Waals surface area contributed by atoms with Crippen LogP contribution in [0.25, 0.3) is 0 Å². The van der Waals surface area contributed by atoms with Crippen LogP contribution in [0, 0.1) is 0 Å². The highest BCUT2D eigenvalue weighted by atomic mass is 16.2. The Bertz CT molecular complexity index is 68.5. The molecule has 0 saturated heterocycles. The van der Waals surface area contributed by atoms with Gasteiger partial charge in [0, 0.05) is 6.58 Å². The first-order valence-corrected chi connectivity index (χ1v) is 1.87. The summed E-state index contributed by atoms with van der Waals surface area (Å²) in [4.78, 5) is 0. The van der Waals surface area contributed by atoms with Gasteiger partial charge in [0.2, 0.25) is 0 Å². The van der Waals surface area contributed by atoms with Gasteiger partial charge in [0.1, 0.15) is 0 Å². The lowest BCUT2D eigenvalue weighted by Crippen LogP contribution is -1.79. The van der Waals surface area contributed by atoms with Crippen LogP contribution in [-0.2, 0) is 0 Å². The summed E-state index contributed by atoms with van der Waals surface area (Å²) in [7, 11) is 0. The second-order valence-corrected chi connectivity index (χ2v) is 1.34. The maximum atomic E-state index is 8.33. The van der Waals surface area contributed by atoms with Crippen molar-refractivity contribution in [2.75, 3.05) is 6.58 Å².